The molecule has 5 nitrogen and oxygen atoms in total. The summed E-state index contributed by atoms with van der Waals surface area (Å²) >= 11 is 0. The van der Waals surface area contributed by atoms with Gasteiger partial charge in [0.15, 0.2) is 6.61 Å². The normalized spacial score (nSPS) is 30.8. The van der Waals surface area contributed by atoms with E-state index >= 15 is 0 Å². The molecular weight excluding hydrogens is 448 g/mol. The van der Waals surface area contributed by atoms with Crippen LogP contribution in [0.5, 0.6) is 0 Å². The Hall–Kier alpha value is -2.43. The summed E-state index contributed by atoms with van der Waals surface area (Å²) in [5, 5.41) is 4.17. The van der Waals surface area contributed by atoms with E-state index in [0.717, 1.165) is 84.9 Å². The summed E-state index contributed by atoms with van der Waals surface area (Å²) in [6.07, 6.45) is 11.2. The summed E-state index contributed by atoms with van der Waals surface area (Å²) in [5.41, 5.74) is 3.62. The molecule has 5 aliphatic rings. The number of amides is 1. The van der Waals surface area contributed by atoms with Crippen LogP contribution in [0.3, 0.4) is 0 Å². The first-order chi connectivity index (χ1) is 17.2. The first-order valence-corrected chi connectivity index (χ1v) is 14.1. The van der Waals surface area contributed by atoms with Gasteiger partial charge in [-0.2, -0.15) is 0 Å². The van der Waals surface area contributed by atoms with Gasteiger partial charge in [-0.15, -0.1) is 0 Å². The summed E-state index contributed by atoms with van der Waals surface area (Å²) in [6.45, 7) is 6.68. The molecule has 4 bridgehead atoms. The quantitative estimate of drug-likeness (QED) is 0.505. The Bertz CT molecular complexity index is 1160. The molecule has 0 radical (unpaired) electrons. The molecule has 7 rings (SSSR count). The Morgan fingerprint density at radius 3 is 2.42 bits per heavy atom. The van der Waals surface area contributed by atoms with Crippen LogP contribution in [0, 0.1) is 29.1 Å². The van der Waals surface area contributed by atoms with Crippen LogP contribution in [0.4, 0.5) is 0 Å². The number of hydrogen-bond donors (Lipinski definition) is 1. The van der Waals surface area contributed by atoms with Crippen LogP contribution < -0.4 is 5.32 Å². The minimum absolute atomic E-state index is 0.0697. The summed E-state index contributed by atoms with van der Waals surface area (Å²) in [5.74, 6) is 2.23. The van der Waals surface area contributed by atoms with Crippen molar-refractivity contribution in [2.45, 2.75) is 90.5 Å². The predicted molar refractivity (Wildman–Crippen MR) is 141 cm³/mol. The fourth-order valence-corrected chi connectivity index (χ4v) is 8.38. The molecule has 5 aliphatic carbocycles. The number of nitrogens with one attached hydrogen (secondary N) is 1. The molecule has 0 spiro atoms. The van der Waals surface area contributed by atoms with E-state index in [-0.39, 0.29) is 29.4 Å². The van der Waals surface area contributed by atoms with E-state index < -0.39 is 0 Å². The summed E-state index contributed by atoms with van der Waals surface area (Å²) in [4.78, 5) is 31.6. The zero-order valence-corrected chi connectivity index (χ0v) is 22.1. The minimum Gasteiger partial charge on any atom is -0.452 e. The lowest BCUT2D eigenvalue weighted by molar-refractivity contribution is -0.130. The lowest BCUT2D eigenvalue weighted by Gasteiger charge is -2.56. The molecule has 1 amide bonds. The standard InChI is InChI=1S/C31H40N2O3/c1-4-30(2,3)22-9-10-26-24(14-22)28(23-7-5-6-8-25(23)32-26)29(35)36-18-27(34)33-31-15-19-11-20(16-31)13-21(12-19)17-31/h5-8,19-22H,4,9-18H2,1-3H3,(H,33,34). The number of nitrogens with zero attached hydrogens (tertiary/aromatic N) is 1. The number of rotatable bonds is 6. The van der Waals surface area contributed by atoms with Crippen molar-refractivity contribution in [3.63, 3.8) is 0 Å². The number of hydrogen-bond acceptors (Lipinski definition) is 4. The Kier molecular flexibility index (Phi) is 5.88. The number of ether oxygens (including phenoxy) is 1. The van der Waals surface area contributed by atoms with Crippen LogP contribution in [-0.2, 0) is 22.4 Å². The van der Waals surface area contributed by atoms with Gasteiger partial charge >= 0.3 is 5.97 Å². The topological polar surface area (TPSA) is 68.3 Å². The zero-order chi connectivity index (χ0) is 25.1. The number of aromatic nitrogens is 1. The molecule has 4 fully saturated rings. The maximum absolute atomic E-state index is 13.6. The van der Waals surface area contributed by atoms with E-state index in [1.807, 2.05) is 24.3 Å². The molecule has 2 aromatic rings. The maximum Gasteiger partial charge on any atom is 0.339 e. The SMILES string of the molecule is CCC(C)(C)C1CCc2nc3ccccc3c(C(=O)OCC(=O)NC34CC5CC(CC(C5)C3)C4)c2C1. The van der Waals surface area contributed by atoms with Crippen molar-refractivity contribution in [1.29, 1.82) is 0 Å². The molecule has 1 heterocycles. The van der Waals surface area contributed by atoms with Crippen molar-refractivity contribution in [2.75, 3.05) is 6.61 Å². The fraction of sp³-hybridized carbons (Fsp3) is 0.645. The van der Waals surface area contributed by atoms with Gasteiger partial charge in [-0.3, -0.25) is 9.78 Å². The molecule has 1 aromatic carbocycles. The zero-order valence-electron chi connectivity index (χ0n) is 22.1. The molecular formula is C31H40N2O3. The van der Waals surface area contributed by atoms with E-state index in [1.165, 1.54) is 19.3 Å². The number of pyridine rings is 1. The van der Waals surface area contributed by atoms with Gasteiger partial charge in [0.25, 0.3) is 5.91 Å². The van der Waals surface area contributed by atoms with Gasteiger partial charge in [0, 0.05) is 16.6 Å². The maximum atomic E-state index is 13.6. The second kappa shape index (κ2) is 8.85. The number of para-hydroxylation sites is 1. The average molecular weight is 489 g/mol. The minimum atomic E-state index is -0.388. The molecule has 4 saturated carbocycles. The first-order valence-electron chi connectivity index (χ1n) is 14.1. The Labute approximate surface area is 214 Å². The number of benzene rings is 1. The van der Waals surface area contributed by atoms with Gasteiger partial charge in [0.2, 0.25) is 0 Å². The molecule has 1 atom stereocenters. The van der Waals surface area contributed by atoms with E-state index in [1.54, 1.807) is 0 Å². The highest BCUT2D eigenvalue weighted by Gasteiger charge is 2.51. The molecule has 192 valence electrons. The summed E-state index contributed by atoms with van der Waals surface area (Å²) in [6, 6.07) is 7.84. The monoisotopic (exact) mass is 488 g/mol. The van der Waals surface area contributed by atoms with E-state index in [2.05, 4.69) is 26.1 Å². The third-order valence-corrected chi connectivity index (χ3v) is 10.3. The molecule has 5 heteroatoms. The Balaban J connectivity index is 1.22. The molecule has 1 aromatic heterocycles. The molecule has 0 saturated heterocycles. The van der Waals surface area contributed by atoms with Gasteiger partial charge in [-0.05, 0) is 98.5 Å². The second-order valence-electron chi connectivity index (χ2n) is 13.0. The molecule has 0 aliphatic heterocycles. The Morgan fingerprint density at radius 2 is 1.75 bits per heavy atom. The lowest BCUT2D eigenvalue weighted by atomic mass is 9.53. The van der Waals surface area contributed by atoms with Crippen LogP contribution in [0.25, 0.3) is 10.9 Å². The molecule has 1 N–H and O–H groups in total. The van der Waals surface area contributed by atoms with Crippen LogP contribution in [0.2, 0.25) is 0 Å². The largest absolute Gasteiger partial charge is 0.452 e. The van der Waals surface area contributed by atoms with Crippen LogP contribution in [-0.4, -0.2) is 29.0 Å². The van der Waals surface area contributed by atoms with E-state index in [0.29, 0.717) is 11.5 Å². The number of carbonyl (C=O) groups excluding carboxylic acids is 2. The number of esters is 1. The third-order valence-electron chi connectivity index (χ3n) is 10.3. The smallest absolute Gasteiger partial charge is 0.339 e. The Morgan fingerprint density at radius 1 is 1.08 bits per heavy atom. The molecule has 1 unspecified atom stereocenters. The van der Waals surface area contributed by atoms with Crippen molar-refractivity contribution >= 4 is 22.8 Å². The third kappa shape index (κ3) is 4.22. The summed E-state index contributed by atoms with van der Waals surface area (Å²) < 4.78 is 5.75. The van der Waals surface area contributed by atoms with Crippen molar-refractivity contribution in [2.24, 2.45) is 29.1 Å². The first kappa shape index (κ1) is 23.9. The molecule has 36 heavy (non-hydrogen) atoms. The highest BCUT2D eigenvalue weighted by molar-refractivity contribution is 6.05. The van der Waals surface area contributed by atoms with Gasteiger partial charge < -0.3 is 10.1 Å². The number of aryl methyl sites for hydroxylation is 1. The highest BCUT2D eigenvalue weighted by Crippen LogP contribution is 2.55. The van der Waals surface area contributed by atoms with Crippen molar-refractivity contribution in [1.82, 2.24) is 10.3 Å². The van der Waals surface area contributed by atoms with E-state index in [4.69, 9.17) is 9.72 Å². The van der Waals surface area contributed by atoms with Gasteiger partial charge in [-0.25, -0.2) is 4.79 Å². The van der Waals surface area contributed by atoms with Gasteiger partial charge in [0.05, 0.1) is 11.1 Å². The highest BCUT2D eigenvalue weighted by atomic mass is 16.5. The van der Waals surface area contributed by atoms with Crippen LogP contribution in [0.1, 0.15) is 93.8 Å². The van der Waals surface area contributed by atoms with E-state index in [9.17, 15) is 9.59 Å². The fourth-order valence-electron chi connectivity index (χ4n) is 8.38. The summed E-state index contributed by atoms with van der Waals surface area (Å²) in [7, 11) is 0. The van der Waals surface area contributed by atoms with Crippen molar-refractivity contribution < 1.29 is 14.3 Å². The van der Waals surface area contributed by atoms with Crippen molar-refractivity contribution in [3.8, 4) is 0 Å². The van der Waals surface area contributed by atoms with Crippen LogP contribution in [0.15, 0.2) is 24.3 Å². The van der Waals surface area contributed by atoms with Crippen LogP contribution >= 0.6 is 0 Å². The number of carbonyl (C=O) groups is 2. The average Bonchev–Trinajstić information content (AvgIpc) is 2.84. The second-order valence-corrected chi connectivity index (χ2v) is 13.0. The predicted octanol–water partition coefficient (Wildman–Crippen LogP) is 6.02. The number of fused-ring (bicyclic) bond motifs is 2. The lowest BCUT2D eigenvalue weighted by Crippen LogP contribution is -2.60. The van der Waals surface area contributed by atoms with Gasteiger partial charge in [0.1, 0.15) is 0 Å². The van der Waals surface area contributed by atoms with Gasteiger partial charge in [-0.1, -0.05) is 45.4 Å². The van der Waals surface area contributed by atoms with Crippen molar-refractivity contribution in [3.05, 3.63) is 41.1 Å².